The molecule has 3 N–H and O–H groups in total. The molecule has 0 saturated carbocycles. The van der Waals surface area contributed by atoms with Crippen LogP contribution in [0.3, 0.4) is 0 Å². The lowest BCUT2D eigenvalue weighted by Gasteiger charge is -2.24. The number of carbonyl (C=O) groups is 3. The molecule has 0 spiro atoms. The standard InChI is InChI=1S/C59H112N2O7/c1-5-9-13-17-23-31-39-53(40-32-24-18-14-10-6-2)67-57(64)43-35-27-21-29-37-48-61(50-47-60-59(66)52-45-46-55(62)56(63)51-52)49-38-30-22-28-36-44-58(65)68-54(41-33-25-19-15-11-7-3)42-34-26-20-16-12-8-4/h51,53-56,62-63H,5-50H2,1-4H3,(H,60,66). The average molecular weight is 962 g/mol. The number of aliphatic hydroxyl groups excluding tert-OH is 2. The van der Waals surface area contributed by atoms with E-state index >= 15 is 0 Å². The molecule has 2 atom stereocenters. The molecule has 0 aromatic carbocycles. The minimum absolute atomic E-state index is 0.0129. The van der Waals surface area contributed by atoms with E-state index < -0.39 is 12.2 Å². The van der Waals surface area contributed by atoms with Crippen molar-refractivity contribution in [1.82, 2.24) is 10.2 Å². The molecule has 9 nitrogen and oxygen atoms in total. The topological polar surface area (TPSA) is 125 Å². The van der Waals surface area contributed by atoms with Crippen LogP contribution in [0.5, 0.6) is 0 Å². The molecule has 400 valence electrons. The van der Waals surface area contributed by atoms with Gasteiger partial charge in [-0.15, -0.1) is 0 Å². The zero-order chi connectivity index (χ0) is 49.6. The predicted octanol–water partition coefficient (Wildman–Crippen LogP) is 15.4. The third kappa shape index (κ3) is 38.7. The molecule has 0 aliphatic heterocycles. The van der Waals surface area contributed by atoms with Gasteiger partial charge in [0, 0.05) is 31.5 Å². The van der Waals surface area contributed by atoms with Gasteiger partial charge in [0.25, 0.3) is 0 Å². The maximum Gasteiger partial charge on any atom is 0.306 e. The Morgan fingerprint density at radius 3 is 1.21 bits per heavy atom. The summed E-state index contributed by atoms with van der Waals surface area (Å²) in [5.41, 5.74) is 0.555. The van der Waals surface area contributed by atoms with Gasteiger partial charge in [-0.2, -0.15) is 0 Å². The van der Waals surface area contributed by atoms with Crippen molar-refractivity contribution in [2.75, 3.05) is 26.2 Å². The predicted molar refractivity (Wildman–Crippen MR) is 286 cm³/mol. The van der Waals surface area contributed by atoms with E-state index in [2.05, 4.69) is 37.9 Å². The zero-order valence-corrected chi connectivity index (χ0v) is 45.3. The van der Waals surface area contributed by atoms with E-state index in [-0.39, 0.29) is 30.1 Å². The number of hydrogen-bond acceptors (Lipinski definition) is 8. The third-order valence-corrected chi connectivity index (χ3v) is 14.3. The van der Waals surface area contributed by atoms with Crippen molar-refractivity contribution in [2.24, 2.45) is 0 Å². The molecule has 0 bridgehead atoms. The van der Waals surface area contributed by atoms with E-state index in [0.29, 0.717) is 37.8 Å². The van der Waals surface area contributed by atoms with Gasteiger partial charge >= 0.3 is 11.9 Å². The monoisotopic (exact) mass is 961 g/mol. The van der Waals surface area contributed by atoms with E-state index in [1.807, 2.05) is 0 Å². The van der Waals surface area contributed by atoms with Crippen molar-refractivity contribution in [3.05, 3.63) is 11.6 Å². The Morgan fingerprint density at radius 1 is 0.500 bits per heavy atom. The summed E-state index contributed by atoms with van der Waals surface area (Å²) in [4.78, 5) is 41.2. The second-order valence-electron chi connectivity index (χ2n) is 20.9. The minimum atomic E-state index is -0.985. The molecular weight excluding hydrogens is 849 g/mol. The molecule has 9 heteroatoms. The van der Waals surface area contributed by atoms with Gasteiger partial charge in [-0.25, -0.2) is 0 Å². The van der Waals surface area contributed by atoms with Crippen molar-refractivity contribution >= 4 is 17.8 Å². The van der Waals surface area contributed by atoms with Crippen molar-refractivity contribution in [1.29, 1.82) is 0 Å². The van der Waals surface area contributed by atoms with Crippen LogP contribution < -0.4 is 5.32 Å². The van der Waals surface area contributed by atoms with Crippen LogP contribution in [0.4, 0.5) is 0 Å². The summed E-state index contributed by atoms with van der Waals surface area (Å²) in [5, 5.41) is 23.0. The Hall–Kier alpha value is -1.97. The maximum atomic E-state index is 12.9. The second-order valence-corrected chi connectivity index (χ2v) is 20.9. The molecule has 68 heavy (non-hydrogen) atoms. The van der Waals surface area contributed by atoms with Crippen molar-refractivity contribution < 1.29 is 34.1 Å². The second kappa shape index (κ2) is 47.4. The highest BCUT2D eigenvalue weighted by atomic mass is 16.5. The molecule has 0 aromatic rings. The third-order valence-electron chi connectivity index (χ3n) is 14.3. The molecule has 0 fully saturated rings. The van der Waals surface area contributed by atoms with E-state index in [4.69, 9.17) is 9.47 Å². The molecule has 0 aromatic heterocycles. The first-order valence-electron chi connectivity index (χ1n) is 29.7. The van der Waals surface area contributed by atoms with Gasteiger partial charge in [0.1, 0.15) is 12.2 Å². The number of nitrogens with zero attached hydrogens (tertiary/aromatic N) is 1. The fraction of sp³-hybridized carbons (Fsp3) is 0.915. The molecule has 1 rings (SSSR count). The SMILES string of the molecule is CCCCCCCCC(CCCCCCCC)OC(=O)CCCCCCCN(CCCCCCCC(=O)OC(CCCCCCCC)CCCCCCCC)CCNC(=O)C1=CC(O)C(O)CC1. The highest BCUT2D eigenvalue weighted by Crippen LogP contribution is 2.22. The highest BCUT2D eigenvalue weighted by molar-refractivity contribution is 5.93. The maximum absolute atomic E-state index is 12.9. The Labute approximate surface area is 420 Å². The number of ether oxygens (including phenoxy) is 2. The number of hydrogen-bond donors (Lipinski definition) is 3. The lowest BCUT2D eigenvalue weighted by Crippen LogP contribution is -2.38. The normalized spacial score (nSPS) is 15.1. The summed E-state index contributed by atoms with van der Waals surface area (Å²) in [6.07, 6.45) is 46.5. The zero-order valence-electron chi connectivity index (χ0n) is 45.3. The van der Waals surface area contributed by atoms with Crippen molar-refractivity contribution in [3.8, 4) is 0 Å². The van der Waals surface area contributed by atoms with E-state index in [1.54, 1.807) is 0 Å². The van der Waals surface area contributed by atoms with E-state index in [1.165, 1.54) is 134 Å². The fourth-order valence-corrected chi connectivity index (χ4v) is 9.73. The van der Waals surface area contributed by atoms with Crippen LogP contribution in [0.25, 0.3) is 0 Å². The Bertz CT molecular complexity index is 1100. The van der Waals surface area contributed by atoms with Crippen LogP contribution in [0.2, 0.25) is 0 Å². The van der Waals surface area contributed by atoms with Gasteiger partial charge in [-0.1, -0.05) is 195 Å². The van der Waals surface area contributed by atoms with Gasteiger partial charge in [0.15, 0.2) is 0 Å². The number of amides is 1. The van der Waals surface area contributed by atoms with Gasteiger partial charge in [0.2, 0.25) is 5.91 Å². The van der Waals surface area contributed by atoms with E-state index in [0.717, 1.165) is 135 Å². The summed E-state index contributed by atoms with van der Waals surface area (Å²) in [7, 11) is 0. The largest absolute Gasteiger partial charge is 0.462 e. The molecule has 0 heterocycles. The van der Waals surface area contributed by atoms with Crippen molar-refractivity contribution in [2.45, 2.75) is 322 Å². The van der Waals surface area contributed by atoms with Crippen LogP contribution in [0.15, 0.2) is 11.6 Å². The Kier molecular flexibility index (Phi) is 44.6. The molecule has 1 aliphatic carbocycles. The summed E-state index contributed by atoms with van der Waals surface area (Å²) in [6.45, 7) is 12.3. The summed E-state index contributed by atoms with van der Waals surface area (Å²) >= 11 is 0. The van der Waals surface area contributed by atoms with Crippen LogP contribution in [-0.2, 0) is 23.9 Å². The smallest absolute Gasteiger partial charge is 0.306 e. The van der Waals surface area contributed by atoms with E-state index in [9.17, 15) is 24.6 Å². The van der Waals surface area contributed by atoms with Gasteiger partial charge in [0.05, 0.1) is 12.2 Å². The minimum Gasteiger partial charge on any atom is -0.462 e. The molecule has 1 amide bonds. The molecule has 2 unspecified atom stereocenters. The first-order valence-corrected chi connectivity index (χ1v) is 29.7. The number of rotatable bonds is 50. The first kappa shape index (κ1) is 64.0. The molecule has 0 radical (unpaired) electrons. The molecule has 0 saturated heterocycles. The Balaban J connectivity index is 2.51. The summed E-state index contributed by atoms with van der Waals surface area (Å²) in [5.74, 6) is -0.178. The van der Waals surface area contributed by atoms with Crippen LogP contribution in [0, 0.1) is 0 Å². The summed E-state index contributed by atoms with van der Waals surface area (Å²) < 4.78 is 12.2. The van der Waals surface area contributed by atoms with Gasteiger partial charge in [-0.3, -0.25) is 14.4 Å². The average Bonchev–Trinajstić information content (AvgIpc) is 3.32. The lowest BCUT2D eigenvalue weighted by molar-refractivity contribution is -0.151. The summed E-state index contributed by atoms with van der Waals surface area (Å²) in [6, 6.07) is 0. The molecule has 1 aliphatic rings. The van der Waals surface area contributed by atoms with Crippen LogP contribution in [-0.4, -0.2) is 83.6 Å². The highest BCUT2D eigenvalue weighted by Gasteiger charge is 2.24. The lowest BCUT2D eigenvalue weighted by atomic mass is 9.94. The van der Waals surface area contributed by atoms with Gasteiger partial charge < -0.3 is 29.9 Å². The quantitative estimate of drug-likeness (QED) is 0.0407. The number of unbranched alkanes of at least 4 members (excludes halogenated alkanes) is 28. The van der Waals surface area contributed by atoms with Gasteiger partial charge in [-0.05, 0) is 109 Å². The van der Waals surface area contributed by atoms with Crippen LogP contribution in [0.1, 0.15) is 297 Å². The molecular formula is C59H112N2O7. The number of carbonyl (C=O) groups excluding carboxylic acids is 3. The number of aliphatic hydroxyl groups is 2. The fourth-order valence-electron chi connectivity index (χ4n) is 9.73. The number of esters is 2. The first-order chi connectivity index (χ1) is 33.2. The van der Waals surface area contributed by atoms with Crippen LogP contribution >= 0.6 is 0 Å². The van der Waals surface area contributed by atoms with Crippen molar-refractivity contribution in [3.63, 3.8) is 0 Å². The Morgan fingerprint density at radius 2 is 0.838 bits per heavy atom. The number of nitrogens with one attached hydrogen (secondary N) is 1.